The number of benzene rings is 1. The van der Waals surface area contributed by atoms with Gasteiger partial charge in [0.25, 0.3) is 0 Å². The quantitative estimate of drug-likeness (QED) is 0.862. The van der Waals surface area contributed by atoms with Crippen LogP contribution in [-0.2, 0) is 0 Å². The molecule has 16 heavy (non-hydrogen) atoms. The van der Waals surface area contributed by atoms with Crippen LogP contribution in [0.1, 0.15) is 10.4 Å². The van der Waals surface area contributed by atoms with Crippen LogP contribution in [0.15, 0.2) is 29.8 Å². The highest BCUT2D eigenvalue weighted by Gasteiger charge is 2.09. The van der Waals surface area contributed by atoms with Crippen LogP contribution in [0.4, 0.5) is 0 Å². The van der Waals surface area contributed by atoms with Crippen molar-refractivity contribution in [1.29, 1.82) is 0 Å². The second-order valence-electron chi connectivity index (χ2n) is 2.84. The summed E-state index contributed by atoms with van der Waals surface area (Å²) in [4.78, 5) is 10.7. The van der Waals surface area contributed by atoms with Crippen molar-refractivity contribution in [2.45, 2.75) is 0 Å². The monoisotopic (exact) mass is 242 g/mol. The fraction of sp³-hybridized carbons (Fsp3) is 0.182. The summed E-state index contributed by atoms with van der Waals surface area (Å²) in [5.41, 5.74) is 1.50. The third-order valence-electron chi connectivity index (χ3n) is 1.83. The highest BCUT2D eigenvalue weighted by molar-refractivity contribution is 6.25. The number of halogens is 1. The number of carboxylic acid groups (broad SMARTS) is 1. The van der Waals surface area contributed by atoms with Crippen LogP contribution >= 0.6 is 11.6 Å². The molecule has 0 saturated carbocycles. The molecule has 0 saturated heterocycles. The second-order valence-corrected chi connectivity index (χ2v) is 3.10. The Morgan fingerprint density at radius 1 is 1.50 bits per heavy atom. The first-order chi connectivity index (χ1) is 7.69. The minimum atomic E-state index is -1.01. The van der Waals surface area contributed by atoms with E-state index in [0.29, 0.717) is 18.1 Å². The molecule has 0 fully saturated rings. The van der Waals surface area contributed by atoms with Gasteiger partial charge in [0.15, 0.2) is 11.5 Å². The maximum absolute atomic E-state index is 10.7. The van der Waals surface area contributed by atoms with E-state index in [2.05, 4.69) is 0 Å². The molecular formula is C11H11ClO4. The largest absolute Gasteiger partial charge is 0.493 e. The van der Waals surface area contributed by atoms with Crippen LogP contribution in [-0.4, -0.2) is 24.8 Å². The molecule has 0 aliphatic carbocycles. The fourth-order valence-corrected chi connectivity index (χ4v) is 1.17. The zero-order chi connectivity index (χ0) is 12.0. The molecule has 5 heteroatoms. The highest BCUT2D eigenvalue weighted by Crippen LogP contribution is 2.28. The van der Waals surface area contributed by atoms with Gasteiger partial charge in [-0.05, 0) is 24.3 Å². The summed E-state index contributed by atoms with van der Waals surface area (Å²) in [5, 5.41) is 8.78. The molecule has 1 N–H and O–H groups in total. The summed E-state index contributed by atoms with van der Waals surface area (Å²) < 4.78 is 10.3. The number of rotatable bonds is 5. The minimum Gasteiger partial charge on any atom is -0.493 e. The number of hydrogen-bond donors (Lipinski definition) is 1. The number of carbonyl (C=O) groups is 1. The van der Waals surface area contributed by atoms with E-state index in [0.717, 1.165) is 0 Å². The predicted octanol–water partition coefficient (Wildman–Crippen LogP) is 2.52. The number of ether oxygens (including phenoxy) is 2. The molecule has 0 spiro atoms. The molecule has 0 atom stereocenters. The van der Waals surface area contributed by atoms with Crippen LogP contribution in [0, 0.1) is 0 Å². The first-order valence-electron chi connectivity index (χ1n) is 4.48. The van der Waals surface area contributed by atoms with Gasteiger partial charge in [-0.15, -0.1) is 0 Å². The fourth-order valence-electron chi connectivity index (χ4n) is 1.09. The first kappa shape index (κ1) is 12.4. The molecule has 1 aromatic rings. The molecule has 1 aromatic carbocycles. The zero-order valence-electron chi connectivity index (χ0n) is 8.64. The maximum Gasteiger partial charge on any atom is 0.335 e. The Labute approximate surface area is 98.1 Å². The Kier molecular flexibility index (Phi) is 4.66. The molecule has 4 nitrogen and oxygen atoms in total. The van der Waals surface area contributed by atoms with Crippen LogP contribution < -0.4 is 9.47 Å². The number of hydrogen-bond acceptors (Lipinski definition) is 3. The maximum atomic E-state index is 10.7. The Bertz CT molecular complexity index is 401. The van der Waals surface area contributed by atoms with E-state index in [1.54, 1.807) is 12.1 Å². The SMILES string of the molecule is COc1cc(C(=O)O)ccc1OC/C=C/Cl. The summed E-state index contributed by atoms with van der Waals surface area (Å²) in [5.74, 6) is -0.157. The molecule has 0 amide bonds. The lowest BCUT2D eigenvalue weighted by molar-refractivity contribution is 0.0696. The van der Waals surface area contributed by atoms with Gasteiger partial charge < -0.3 is 14.6 Å². The van der Waals surface area contributed by atoms with E-state index >= 15 is 0 Å². The zero-order valence-corrected chi connectivity index (χ0v) is 9.40. The standard InChI is InChI=1S/C11H11ClO4/c1-15-10-7-8(11(13)14)3-4-9(10)16-6-2-5-12/h2-5,7H,6H2,1H3,(H,13,14)/b5-2+. The molecule has 1 rings (SSSR count). The van der Waals surface area contributed by atoms with Gasteiger partial charge in [0.05, 0.1) is 12.7 Å². The van der Waals surface area contributed by atoms with Crippen LogP contribution in [0.25, 0.3) is 0 Å². The van der Waals surface area contributed by atoms with E-state index in [-0.39, 0.29) is 5.56 Å². The van der Waals surface area contributed by atoms with Crippen molar-refractivity contribution in [3.63, 3.8) is 0 Å². The highest BCUT2D eigenvalue weighted by atomic mass is 35.5. The molecular weight excluding hydrogens is 232 g/mol. The number of methoxy groups -OCH3 is 1. The molecule has 86 valence electrons. The summed E-state index contributed by atoms with van der Waals surface area (Å²) >= 11 is 5.34. The van der Waals surface area contributed by atoms with E-state index < -0.39 is 5.97 Å². The van der Waals surface area contributed by atoms with Gasteiger partial charge >= 0.3 is 5.97 Å². The Morgan fingerprint density at radius 3 is 2.81 bits per heavy atom. The van der Waals surface area contributed by atoms with Crippen molar-refractivity contribution in [2.24, 2.45) is 0 Å². The smallest absolute Gasteiger partial charge is 0.335 e. The first-order valence-corrected chi connectivity index (χ1v) is 4.92. The summed E-state index contributed by atoms with van der Waals surface area (Å²) in [6.07, 6.45) is 1.62. The van der Waals surface area contributed by atoms with E-state index in [1.165, 1.54) is 24.8 Å². The van der Waals surface area contributed by atoms with Gasteiger partial charge in [-0.2, -0.15) is 0 Å². The van der Waals surface area contributed by atoms with E-state index in [9.17, 15) is 4.79 Å². The molecule has 0 radical (unpaired) electrons. The van der Waals surface area contributed by atoms with Crippen molar-refractivity contribution in [3.8, 4) is 11.5 Å². The molecule has 0 aliphatic heterocycles. The summed E-state index contributed by atoms with van der Waals surface area (Å²) in [6, 6.07) is 4.40. The van der Waals surface area contributed by atoms with Crippen molar-refractivity contribution >= 4 is 17.6 Å². The topological polar surface area (TPSA) is 55.8 Å². The van der Waals surface area contributed by atoms with Gasteiger partial charge in [-0.1, -0.05) is 11.6 Å². The van der Waals surface area contributed by atoms with Crippen molar-refractivity contribution in [2.75, 3.05) is 13.7 Å². The number of carboxylic acids is 1. The van der Waals surface area contributed by atoms with Crippen LogP contribution in [0.3, 0.4) is 0 Å². The third kappa shape index (κ3) is 3.17. The van der Waals surface area contributed by atoms with Gasteiger partial charge in [-0.3, -0.25) is 0 Å². The average Bonchev–Trinajstić information content (AvgIpc) is 2.29. The van der Waals surface area contributed by atoms with Crippen molar-refractivity contribution < 1.29 is 19.4 Å². The number of aromatic carboxylic acids is 1. The minimum absolute atomic E-state index is 0.150. The second kappa shape index (κ2) is 6.02. The molecule has 0 aliphatic rings. The normalized spacial score (nSPS) is 10.4. The average molecular weight is 243 g/mol. The lowest BCUT2D eigenvalue weighted by Gasteiger charge is -2.09. The van der Waals surface area contributed by atoms with Crippen molar-refractivity contribution in [1.82, 2.24) is 0 Å². The molecule has 0 unspecified atom stereocenters. The van der Waals surface area contributed by atoms with E-state index in [1.807, 2.05) is 0 Å². The molecule has 0 bridgehead atoms. The van der Waals surface area contributed by atoms with Gasteiger partial charge in [0.1, 0.15) is 6.61 Å². The Hall–Kier alpha value is -1.68. The lowest BCUT2D eigenvalue weighted by atomic mass is 10.2. The predicted molar refractivity (Wildman–Crippen MR) is 60.4 cm³/mol. The Morgan fingerprint density at radius 2 is 2.25 bits per heavy atom. The molecule has 0 heterocycles. The Balaban J connectivity index is 2.88. The van der Waals surface area contributed by atoms with Crippen LogP contribution in [0.2, 0.25) is 0 Å². The summed E-state index contributed by atoms with van der Waals surface area (Å²) in [6.45, 7) is 0.298. The van der Waals surface area contributed by atoms with Gasteiger partial charge in [-0.25, -0.2) is 4.79 Å². The summed E-state index contributed by atoms with van der Waals surface area (Å²) in [7, 11) is 1.45. The lowest BCUT2D eigenvalue weighted by Crippen LogP contribution is -2.00. The van der Waals surface area contributed by atoms with Crippen LogP contribution in [0.5, 0.6) is 11.5 Å². The van der Waals surface area contributed by atoms with Gasteiger partial charge in [0.2, 0.25) is 0 Å². The third-order valence-corrected chi connectivity index (χ3v) is 2.01. The van der Waals surface area contributed by atoms with E-state index in [4.69, 9.17) is 26.2 Å². The molecule has 0 aromatic heterocycles. The van der Waals surface area contributed by atoms with Gasteiger partial charge in [0, 0.05) is 5.54 Å². The van der Waals surface area contributed by atoms with Crippen molar-refractivity contribution in [3.05, 3.63) is 35.4 Å².